The van der Waals surface area contributed by atoms with E-state index in [2.05, 4.69) is 5.32 Å². The van der Waals surface area contributed by atoms with Gasteiger partial charge in [0.15, 0.2) is 0 Å². The molecule has 3 rings (SSSR count). The van der Waals surface area contributed by atoms with Crippen LogP contribution in [0.4, 0.5) is 0 Å². The number of nitrogens with one attached hydrogen (secondary N) is 1. The lowest BCUT2D eigenvalue weighted by Gasteiger charge is -2.15. The second kappa shape index (κ2) is 8.47. The number of amides is 2. The summed E-state index contributed by atoms with van der Waals surface area (Å²) in [5, 5.41) is 2.94. The number of benzene rings is 2. The minimum atomic E-state index is 0.0427. The number of likely N-dealkylation sites (tertiary alicyclic amines) is 1. The van der Waals surface area contributed by atoms with E-state index in [0.717, 1.165) is 43.5 Å². The van der Waals surface area contributed by atoms with Crippen LogP contribution in [-0.2, 0) is 17.8 Å². The second-order valence-electron chi connectivity index (χ2n) is 6.46. The maximum Gasteiger partial charge on any atom is 0.253 e. The third-order valence-corrected chi connectivity index (χ3v) is 4.57. The minimum Gasteiger partial charge on any atom is -0.352 e. The maximum atomic E-state index is 12.3. The molecule has 0 unspecified atom stereocenters. The number of nitrogens with zero attached hydrogens (tertiary/aromatic N) is 1. The summed E-state index contributed by atoms with van der Waals surface area (Å²) in [4.78, 5) is 26.2. The average Bonchev–Trinajstić information content (AvgIpc) is 3.20. The number of rotatable bonds is 6. The van der Waals surface area contributed by atoms with E-state index in [4.69, 9.17) is 0 Å². The molecule has 1 fully saturated rings. The number of carbonyl (C=O) groups is 2. The van der Waals surface area contributed by atoms with Gasteiger partial charge in [0.1, 0.15) is 0 Å². The molecule has 0 spiro atoms. The van der Waals surface area contributed by atoms with Gasteiger partial charge in [-0.3, -0.25) is 9.59 Å². The highest BCUT2D eigenvalue weighted by molar-refractivity contribution is 5.94. The topological polar surface area (TPSA) is 49.4 Å². The lowest BCUT2D eigenvalue weighted by molar-refractivity contribution is -0.121. The molecule has 2 amide bonds. The Bertz CT molecular complexity index is 704. The summed E-state index contributed by atoms with van der Waals surface area (Å²) in [6.07, 6.45) is 3.42. The van der Waals surface area contributed by atoms with E-state index in [1.165, 1.54) is 5.56 Å². The Balaban J connectivity index is 1.45. The van der Waals surface area contributed by atoms with Crippen molar-refractivity contribution in [3.05, 3.63) is 71.3 Å². The average molecular weight is 336 g/mol. The molecular weight excluding hydrogens is 312 g/mol. The van der Waals surface area contributed by atoms with Crippen molar-refractivity contribution in [2.75, 3.05) is 13.1 Å². The molecule has 2 aromatic rings. The van der Waals surface area contributed by atoms with Crippen molar-refractivity contribution in [2.24, 2.45) is 0 Å². The predicted molar refractivity (Wildman–Crippen MR) is 98.2 cm³/mol. The lowest BCUT2D eigenvalue weighted by Crippen LogP contribution is -2.27. The van der Waals surface area contributed by atoms with Crippen LogP contribution in [0.25, 0.3) is 0 Å². The zero-order chi connectivity index (χ0) is 17.5. The van der Waals surface area contributed by atoms with Crippen LogP contribution in [0, 0.1) is 0 Å². The molecule has 1 saturated heterocycles. The van der Waals surface area contributed by atoms with Crippen LogP contribution in [0.1, 0.15) is 40.7 Å². The van der Waals surface area contributed by atoms with Crippen LogP contribution in [0.5, 0.6) is 0 Å². The van der Waals surface area contributed by atoms with Crippen LogP contribution < -0.4 is 5.32 Å². The summed E-state index contributed by atoms with van der Waals surface area (Å²) in [6, 6.07) is 17.5. The van der Waals surface area contributed by atoms with Gasteiger partial charge in [-0.1, -0.05) is 42.5 Å². The fourth-order valence-corrected chi connectivity index (χ4v) is 3.06. The molecule has 0 atom stereocenters. The fourth-order valence-electron chi connectivity index (χ4n) is 3.06. The summed E-state index contributed by atoms with van der Waals surface area (Å²) in [6.45, 7) is 2.21. The van der Waals surface area contributed by atoms with Gasteiger partial charge in [-0.05, 0) is 42.5 Å². The van der Waals surface area contributed by atoms with Crippen molar-refractivity contribution in [1.29, 1.82) is 0 Å². The van der Waals surface area contributed by atoms with Crippen LogP contribution in [0.15, 0.2) is 54.6 Å². The Hall–Kier alpha value is -2.62. The first kappa shape index (κ1) is 17.2. The SMILES string of the molecule is O=C(CCc1ccccc1)NCc1ccc(C(=O)N2CCCC2)cc1. The molecule has 1 aliphatic rings. The fraction of sp³-hybridized carbons (Fsp3) is 0.333. The van der Waals surface area contributed by atoms with Crippen LogP contribution in [0.2, 0.25) is 0 Å². The van der Waals surface area contributed by atoms with E-state index in [9.17, 15) is 9.59 Å². The van der Waals surface area contributed by atoms with E-state index in [1.807, 2.05) is 59.5 Å². The molecule has 0 radical (unpaired) electrons. The molecule has 2 aromatic carbocycles. The monoisotopic (exact) mass is 336 g/mol. The quantitative estimate of drug-likeness (QED) is 0.881. The molecule has 25 heavy (non-hydrogen) atoms. The zero-order valence-corrected chi connectivity index (χ0v) is 14.4. The second-order valence-corrected chi connectivity index (χ2v) is 6.46. The van der Waals surface area contributed by atoms with Gasteiger partial charge in [-0.2, -0.15) is 0 Å². The van der Waals surface area contributed by atoms with Gasteiger partial charge in [0.2, 0.25) is 5.91 Å². The van der Waals surface area contributed by atoms with Crippen molar-refractivity contribution in [2.45, 2.75) is 32.2 Å². The largest absolute Gasteiger partial charge is 0.352 e. The summed E-state index contributed by atoms with van der Waals surface area (Å²) in [5.41, 5.74) is 2.90. The number of aryl methyl sites for hydroxylation is 1. The maximum absolute atomic E-state index is 12.3. The van der Waals surface area contributed by atoms with Crippen molar-refractivity contribution < 1.29 is 9.59 Å². The van der Waals surface area contributed by atoms with Gasteiger partial charge in [-0.25, -0.2) is 0 Å². The molecule has 130 valence electrons. The van der Waals surface area contributed by atoms with E-state index in [-0.39, 0.29) is 11.8 Å². The van der Waals surface area contributed by atoms with Gasteiger partial charge >= 0.3 is 0 Å². The molecule has 1 heterocycles. The predicted octanol–water partition coefficient (Wildman–Crippen LogP) is 3.17. The highest BCUT2D eigenvalue weighted by atomic mass is 16.2. The Kier molecular flexibility index (Phi) is 5.83. The molecule has 1 aliphatic heterocycles. The molecule has 0 aromatic heterocycles. The van der Waals surface area contributed by atoms with Crippen molar-refractivity contribution in [3.8, 4) is 0 Å². The van der Waals surface area contributed by atoms with Gasteiger partial charge in [-0.15, -0.1) is 0 Å². The first-order chi connectivity index (χ1) is 12.2. The summed E-state index contributed by atoms with van der Waals surface area (Å²) >= 11 is 0. The van der Waals surface area contributed by atoms with Gasteiger partial charge < -0.3 is 10.2 Å². The molecule has 4 heteroatoms. The molecule has 0 bridgehead atoms. The lowest BCUT2D eigenvalue weighted by atomic mass is 10.1. The van der Waals surface area contributed by atoms with Gasteiger partial charge in [0, 0.05) is 31.6 Å². The van der Waals surface area contributed by atoms with Crippen LogP contribution in [0.3, 0.4) is 0 Å². The summed E-state index contributed by atoms with van der Waals surface area (Å²) in [5.74, 6) is 0.150. The van der Waals surface area contributed by atoms with Gasteiger partial charge in [0.05, 0.1) is 0 Å². The molecule has 0 aliphatic carbocycles. The standard InChI is InChI=1S/C21H24N2O2/c24-20(13-10-17-6-2-1-3-7-17)22-16-18-8-11-19(12-9-18)21(25)23-14-4-5-15-23/h1-3,6-9,11-12H,4-5,10,13-16H2,(H,22,24). The molecule has 4 nitrogen and oxygen atoms in total. The van der Waals surface area contributed by atoms with E-state index < -0.39 is 0 Å². The third-order valence-electron chi connectivity index (χ3n) is 4.57. The molecule has 0 saturated carbocycles. The molecular formula is C21H24N2O2. The number of hydrogen-bond donors (Lipinski definition) is 1. The Morgan fingerprint density at radius 2 is 1.56 bits per heavy atom. The van der Waals surface area contributed by atoms with E-state index in [0.29, 0.717) is 13.0 Å². The molecule has 1 N–H and O–H groups in total. The van der Waals surface area contributed by atoms with E-state index >= 15 is 0 Å². The van der Waals surface area contributed by atoms with Crippen LogP contribution >= 0.6 is 0 Å². The van der Waals surface area contributed by atoms with Crippen molar-refractivity contribution in [3.63, 3.8) is 0 Å². The highest BCUT2D eigenvalue weighted by Crippen LogP contribution is 2.13. The van der Waals surface area contributed by atoms with Gasteiger partial charge in [0.25, 0.3) is 5.91 Å². The Labute approximate surface area is 148 Å². The zero-order valence-electron chi connectivity index (χ0n) is 14.4. The van der Waals surface area contributed by atoms with Crippen LogP contribution in [-0.4, -0.2) is 29.8 Å². The first-order valence-electron chi connectivity index (χ1n) is 8.91. The number of hydrogen-bond acceptors (Lipinski definition) is 2. The Morgan fingerprint density at radius 1 is 0.880 bits per heavy atom. The first-order valence-corrected chi connectivity index (χ1v) is 8.91. The van der Waals surface area contributed by atoms with E-state index in [1.54, 1.807) is 0 Å². The normalized spacial score (nSPS) is 13.7. The number of carbonyl (C=O) groups excluding carboxylic acids is 2. The minimum absolute atomic E-state index is 0.0427. The third kappa shape index (κ3) is 4.92. The summed E-state index contributed by atoms with van der Waals surface area (Å²) < 4.78 is 0. The highest BCUT2D eigenvalue weighted by Gasteiger charge is 2.19. The Morgan fingerprint density at radius 3 is 2.24 bits per heavy atom. The smallest absolute Gasteiger partial charge is 0.253 e. The van der Waals surface area contributed by atoms with Crippen molar-refractivity contribution in [1.82, 2.24) is 10.2 Å². The van der Waals surface area contributed by atoms with Crippen molar-refractivity contribution >= 4 is 11.8 Å². The summed E-state index contributed by atoms with van der Waals surface area (Å²) in [7, 11) is 0.